The quantitative estimate of drug-likeness (QED) is 0.672. The molecule has 4 nitrogen and oxygen atoms in total. The number of hydrogen-bond acceptors (Lipinski definition) is 3. The van der Waals surface area contributed by atoms with Crippen molar-refractivity contribution in [1.82, 2.24) is 5.32 Å². The minimum atomic E-state index is -0.913. The molecule has 0 amide bonds. The minimum absolute atomic E-state index is 0.283. The lowest BCUT2D eigenvalue weighted by Crippen LogP contribution is -2.22. The molecule has 1 aliphatic carbocycles. The van der Waals surface area contributed by atoms with E-state index in [1.807, 2.05) is 0 Å². The van der Waals surface area contributed by atoms with Gasteiger partial charge in [-0.05, 0) is 49.6 Å². The van der Waals surface area contributed by atoms with E-state index >= 15 is 0 Å². The lowest BCUT2D eigenvalue weighted by Gasteiger charge is -2.07. The van der Waals surface area contributed by atoms with Gasteiger partial charge in [0.25, 0.3) is 0 Å². The fraction of sp³-hybridized carbons (Fsp3) is 0.533. The van der Waals surface area contributed by atoms with Gasteiger partial charge in [-0.2, -0.15) is 0 Å². The Balaban J connectivity index is 1.53. The number of rotatable bonds is 9. The van der Waals surface area contributed by atoms with E-state index in [9.17, 15) is 4.79 Å². The molecule has 104 valence electrons. The summed E-state index contributed by atoms with van der Waals surface area (Å²) in [4.78, 5) is 10.7. The van der Waals surface area contributed by atoms with Gasteiger partial charge in [0, 0.05) is 6.54 Å². The Labute approximate surface area is 113 Å². The SMILES string of the molecule is O=C(O)c1ccc(OCCNCCCC2CC2)cc1. The van der Waals surface area contributed by atoms with Crippen molar-refractivity contribution in [3.63, 3.8) is 0 Å². The average Bonchev–Trinajstić information content (AvgIpc) is 3.22. The van der Waals surface area contributed by atoms with Gasteiger partial charge in [-0.3, -0.25) is 0 Å². The van der Waals surface area contributed by atoms with E-state index in [-0.39, 0.29) is 5.56 Å². The summed E-state index contributed by atoms with van der Waals surface area (Å²) in [5.74, 6) is 0.805. The van der Waals surface area contributed by atoms with Gasteiger partial charge in [0.15, 0.2) is 0 Å². The monoisotopic (exact) mass is 263 g/mol. The van der Waals surface area contributed by atoms with Crippen LogP contribution >= 0.6 is 0 Å². The third-order valence-corrected chi connectivity index (χ3v) is 3.31. The Hall–Kier alpha value is -1.55. The van der Waals surface area contributed by atoms with Gasteiger partial charge in [-0.1, -0.05) is 12.8 Å². The highest BCUT2D eigenvalue weighted by atomic mass is 16.5. The summed E-state index contributed by atoms with van der Waals surface area (Å²) in [5, 5.41) is 12.1. The number of hydrogen-bond donors (Lipinski definition) is 2. The van der Waals surface area contributed by atoms with Crippen LogP contribution in [-0.4, -0.2) is 30.8 Å². The first kappa shape index (κ1) is 13.9. The summed E-state index contributed by atoms with van der Waals surface area (Å²) in [5.41, 5.74) is 0.283. The normalized spacial score (nSPS) is 14.3. The van der Waals surface area contributed by atoms with Gasteiger partial charge in [0.1, 0.15) is 12.4 Å². The highest BCUT2D eigenvalue weighted by molar-refractivity contribution is 5.87. The zero-order chi connectivity index (χ0) is 13.5. The minimum Gasteiger partial charge on any atom is -0.492 e. The van der Waals surface area contributed by atoms with Crippen LogP contribution in [0, 0.1) is 5.92 Å². The topological polar surface area (TPSA) is 58.6 Å². The predicted octanol–water partition coefficient (Wildman–Crippen LogP) is 2.54. The fourth-order valence-corrected chi connectivity index (χ4v) is 1.98. The van der Waals surface area contributed by atoms with Crippen molar-refractivity contribution in [2.45, 2.75) is 25.7 Å². The molecule has 1 aromatic rings. The zero-order valence-electron chi connectivity index (χ0n) is 11.1. The third-order valence-electron chi connectivity index (χ3n) is 3.31. The number of benzene rings is 1. The van der Waals surface area contributed by atoms with Crippen molar-refractivity contribution in [3.8, 4) is 5.75 Å². The van der Waals surface area contributed by atoms with Gasteiger partial charge in [-0.25, -0.2) is 4.79 Å². The van der Waals surface area contributed by atoms with Crippen molar-refractivity contribution in [3.05, 3.63) is 29.8 Å². The smallest absolute Gasteiger partial charge is 0.335 e. The summed E-state index contributed by atoms with van der Waals surface area (Å²) < 4.78 is 5.53. The van der Waals surface area contributed by atoms with Gasteiger partial charge < -0.3 is 15.2 Å². The summed E-state index contributed by atoms with van der Waals surface area (Å²) in [6.07, 6.45) is 5.45. The summed E-state index contributed by atoms with van der Waals surface area (Å²) in [6.45, 7) is 2.49. The Bertz CT molecular complexity index is 398. The van der Waals surface area contributed by atoms with E-state index in [0.29, 0.717) is 12.4 Å². The number of ether oxygens (including phenoxy) is 1. The molecule has 1 aliphatic rings. The maximum absolute atomic E-state index is 10.7. The van der Waals surface area contributed by atoms with E-state index < -0.39 is 5.97 Å². The molecule has 1 fully saturated rings. The zero-order valence-corrected chi connectivity index (χ0v) is 11.1. The van der Waals surface area contributed by atoms with Gasteiger partial charge in [-0.15, -0.1) is 0 Å². The molecule has 1 aromatic carbocycles. The highest BCUT2D eigenvalue weighted by Crippen LogP contribution is 2.33. The summed E-state index contributed by atoms with van der Waals surface area (Å²) in [7, 11) is 0. The fourth-order valence-electron chi connectivity index (χ4n) is 1.98. The number of carboxylic acid groups (broad SMARTS) is 1. The van der Waals surface area contributed by atoms with Gasteiger partial charge in [0.2, 0.25) is 0 Å². The first-order valence-corrected chi connectivity index (χ1v) is 6.92. The maximum Gasteiger partial charge on any atom is 0.335 e. The molecule has 4 heteroatoms. The number of aromatic carboxylic acids is 1. The van der Waals surface area contributed by atoms with Crippen molar-refractivity contribution in [2.24, 2.45) is 5.92 Å². The largest absolute Gasteiger partial charge is 0.492 e. The van der Waals surface area contributed by atoms with Crippen molar-refractivity contribution in [1.29, 1.82) is 0 Å². The molecular weight excluding hydrogens is 242 g/mol. The van der Waals surface area contributed by atoms with Gasteiger partial charge in [0.05, 0.1) is 5.56 Å². The number of nitrogens with one attached hydrogen (secondary N) is 1. The van der Waals surface area contributed by atoms with Gasteiger partial charge >= 0.3 is 5.97 Å². The first-order chi connectivity index (χ1) is 9.25. The Morgan fingerprint density at radius 1 is 1.26 bits per heavy atom. The maximum atomic E-state index is 10.7. The molecule has 0 radical (unpaired) electrons. The van der Waals surface area contributed by atoms with Crippen LogP contribution in [0.1, 0.15) is 36.0 Å². The third kappa shape index (κ3) is 5.30. The van der Waals surface area contributed by atoms with E-state index in [1.165, 1.54) is 25.7 Å². The number of carbonyl (C=O) groups is 1. The Morgan fingerprint density at radius 3 is 2.63 bits per heavy atom. The molecular formula is C15H21NO3. The van der Waals surface area contributed by atoms with E-state index in [4.69, 9.17) is 9.84 Å². The molecule has 0 saturated heterocycles. The van der Waals surface area contributed by atoms with Crippen LogP contribution in [0.2, 0.25) is 0 Å². The molecule has 0 heterocycles. The second-order valence-electron chi connectivity index (χ2n) is 5.01. The predicted molar refractivity (Wildman–Crippen MR) is 73.7 cm³/mol. The first-order valence-electron chi connectivity index (χ1n) is 6.92. The molecule has 0 unspecified atom stereocenters. The Morgan fingerprint density at radius 2 is 2.00 bits per heavy atom. The number of carboxylic acids is 1. The molecule has 0 spiro atoms. The van der Waals surface area contributed by atoms with Crippen LogP contribution in [0.3, 0.4) is 0 Å². The lowest BCUT2D eigenvalue weighted by atomic mass is 10.2. The summed E-state index contributed by atoms with van der Waals surface area (Å²) >= 11 is 0. The molecule has 2 N–H and O–H groups in total. The van der Waals surface area contributed by atoms with Crippen molar-refractivity contribution in [2.75, 3.05) is 19.7 Å². The van der Waals surface area contributed by atoms with E-state index in [0.717, 1.165) is 19.0 Å². The standard InChI is InChI=1S/C15H21NO3/c17-15(18)13-5-7-14(8-6-13)19-11-10-16-9-1-2-12-3-4-12/h5-8,12,16H,1-4,9-11H2,(H,17,18). The van der Waals surface area contributed by atoms with Crippen LogP contribution in [0.25, 0.3) is 0 Å². The van der Waals surface area contributed by atoms with Crippen LogP contribution < -0.4 is 10.1 Å². The molecule has 2 rings (SSSR count). The lowest BCUT2D eigenvalue weighted by molar-refractivity contribution is 0.0697. The molecule has 19 heavy (non-hydrogen) atoms. The molecule has 0 atom stereocenters. The average molecular weight is 263 g/mol. The molecule has 0 aliphatic heterocycles. The second-order valence-corrected chi connectivity index (χ2v) is 5.01. The summed E-state index contributed by atoms with van der Waals surface area (Å²) in [6, 6.07) is 6.49. The highest BCUT2D eigenvalue weighted by Gasteiger charge is 2.19. The van der Waals surface area contributed by atoms with Crippen molar-refractivity contribution >= 4 is 5.97 Å². The van der Waals surface area contributed by atoms with Crippen LogP contribution in [0.15, 0.2) is 24.3 Å². The van der Waals surface area contributed by atoms with Crippen LogP contribution in [-0.2, 0) is 0 Å². The molecule has 0 aromatic heterocycles. The second kappa shape index (κ2) is 7.14. The Kier molecular flexibility index (Phi) is 5.21. The van der Waals surface area contributed by atoms with E-state index in [1.54, 1.807) is 24.3 Å². The van der Waals surface area contributed by atoms with Crippen molar-refractivity contribution < 1.29 is 14.6 Å². The molecule has 0 bridgehead atoms. The van der Waals surface area contributed by atoms with Crippen LogP contribution in [0.4, 0.5) is 0 Å². The van der Waals surface area contributed by atoms with E-state index in [2.05, 4.69) is 5.32 Å². The molecule has 1 saturated carbocycles. The van der Waals surface area contributed by atoms with Crippen LogP contribution in [0.5, 0.6) is 5.75 Å².